The number of carbonyl (C=O) groups excluding carboxylic acids is 1. The molecule has 0 unspecified atom stereocenters. The first kappa shape index (κ1) is 12.2. The van der Waals surface area contributed by atoms with E-state index in [0.717, 1.165) is 21.3 Å². The Kier molecular flexibility index (Phi) is 3.03. The van der Waals surface area contributed by atoms with Crippen LogP contribution in [0.15, 0.2) is 46.9 Å². The molecule has 3 rings (SSSR count). The molecule has 1 aliphatic rings. The Morgan fingerprint density at radius 1 is 1.21 bits per heavy atom. The van der Waals surface area contributed by atoms with Gasteiger partial charge in [-0.25, -0.2) is 0 Å². The molecular weight excluding hydrogens is 304 g/mol. The molecule has 0 aliphatic carbocycles. The summed E-state index contributed by atoms with van der Waals surface area (Å²) in [6.07, 6.45) is 0.445. The standard InChI is InChI=1S/C15H13BrN2O/c16-12-6-11-7-15(19)18(14(11)8-13(12)17)9-10-4-2-1-3-5-10/h1-6,8H,7,9,17H2. The molecule has 0 radical (unpaired) electrons. The van der Waals surface area contributed by atoms with Crippen LogP contribution in [0.1, 0.15) is 11.1 Å². The lowest BCUT2D eigenvalue weighted by Gasteiger charge is -2.18. The maximum Gasteiger partial charge on any atom is 0.231 e. The van der Waals surface area contributed by atoms with Crippen LogP contribution in [0.2, 0.25) is 0 Å². The van der Waals surface area contributed by atoms with Gasteiger partial charge >= 0.3 is 0 Å². The van der Waals surface area contributed by atoms with E-state index >= 15 is 0 Å². The second kappa shape index (κ2) is 4.70. The SMILES string of the molecule is Nc1cc2c(cc1Br)CC(=O)N2Cc1ccccc1. The molecule has 19 heavy (non-hydrogen) atoms. The zero-order valence-corrected chi connectivity index (χ0v) is 11.9. The second-order valence-electron chi connectivity index (χ2n) is 4.64. The van der Waals surface area contributed by atoms with Crippen molar-refractivity contribution in [2.24, 2.45) is 0 Å². The van der Waals surface area contributed by atoms with Gasteiger partial charge in [-0.3, -0.25) is 4.79 Å². The zero-order chi connectivity index (χ0) is 13.4. The summed E-state index contributed by atoms with van der Waals surface area (Å²) < 4.78 is 0.848. The van der Waals surface area contributed by atoms with Crippen LogP contribution in [-0.2, 0) is 17.8 Å². The van der Waals surface area contributed by atoms with Gasteiger partial charge in [0, 0.05) is 15.8 Å². The van der Waals surface area contributed by atoms with E-state index in [1.54, 1.807) is 4.90 Å². The minimum Gasteiger partial charge on any atom is -0.398 e. The van der Waals surface area contributed by atoms with Gasteiger partial charge in [0.2, 0.25) is 5.91 Å². The van der Waals surface area contributed by atoms with Crippen molar-refractivity contribution >= 4 is 33.2 Å². The Hall–Kier alpha value is -1.81. The molecule has 2 aromatic carbocycles. The number of rotatable bonds is 2. The van der Waals surface area contributed by atoms with E-state index < -0.39 is 0 Å². The summed E-state index contributed by atoms with van der Waals surface area (Å²) in [6.45, 7) is 0.591. The number of nitrogens with two attached hydrogens (primary N) is 1. The van der Waals surface area contributed by atoms with Crippen molar-refractivity contribution in [3.8, 4) is 0 Å². The predicted molar refractivity (Wildman–Crippen MR) is 79.9 cm³/mol. The van der Waals surface area contributed by atoms with Crippen LogP contribution < -0.4 is 10.6 Å². The Bertz CT molecular complexity index is 640. The normalized spacial score (nSPS) is 13.7. The molecule has 2 N–H and O–H groups in total. The second-order valence-corrected chi connectivity index (χ2v) is 5.50. The van der Waals surface area contributed by atoms with Gasteiger partial charge in [-0.05, 0) is 39.2 Å². The van der Waals surface area contributed by atoms with Crippen molar-refractivity contribution in [3.63, 3.8) is 0 Å². The lowest BCUT2D eigenvalue weighted by Crippen LogP contribution is -2.25. The van der Waals surface area contributed by atoms with Crippen LogP contribution in [0, 0.1) is 0 Å². The molecule has 4 heteroatoms. The number of carbonyl (C=O) groups is 1. The van der Waals surface area contributed by atoms with Crippen LogP contribution in [0.25, 0.3) is 0 Å². The molecular formula is C15H13BrN2O. The van der Waals surface area contributed by atoms with Gasteiger partial charge in [-0.1, -0.05) is 30.3 Å². The molecule has 0 fully saturated rings. The van der Waals surface area contributed by atoms with Gasteiger partial charge in [0.1, 0.15) is 0 Å². The van der Waals surface area contributed by atoms with Gasteiger partial charge in [-0.2, -0.15) is 0 Å². The lowest BCUT2D eigenvalue weighted by atomic mass is 10.1. The van der Waals surface area contributed by atoms with Gasteiger partial charge < -0.3 is 10.6 Å². The van der Waals surface area contributed by atoms with E-state index in [1.807, 2.05) is 42.5 Å². The van der Waals surface area contributed by atoms with Crippen LogP contribution >= 0.6 is 15.9 Å². The van der Waals surface area contributed by atoms with Crippen molar-refractivity contribution in [1.82, 2.24) is 0 Å². The number of benzene rings is 2. The molecule has 1 heterocycles. The number of nitrogens with zero attached hydrogens (tertiary/aromatic N) is 1. The average Bonchev–Trinajstić information content (AvgIpc) is 2.68. The molecule has 0 saturated carbocycles. The topological polar surface area (TPSA) is 46.3 Å². The third-order valence-corrected chi connectivity index (χ3v) is 4.00. The average molecular weight is 317 g/mol. The molecule has 0 saturated heterocycles. The van der Waals surface area contributed by atoms with E-state index in [1.165, 1.54) is 0 Å². The molecule has 1 aliphatic heterocycles. The molecule has 96 valence electrons. The summed E-state index contributed by atoms with van der Waals surface area (Å²) in [5, 5.41) is 0. The van der Waals surface area contributed by atoms with Crippen molar-refractivity contribution < 1.29 is 4.79 Å². The lowest BCUT2D eigenvalue weighted by molar-refractivity contribution is -0.117. The fourth-order valence-corrected chi connectivity index (χ4v) is 2.73. The highest BCUT2D eigenvalue weighted by molar-refractivity contribution is 9.10. The number of fused-ring (bicyclic) bond motifs is 1. The van der Waals surface area contributed by atoms with E-state index in [9.17, 15) is 4.79 Å². The first-order chi connectivity index (χ1) is 9.15. The van der Waals surface area contributed by atoms with Crippen LogP contribution in [0.4, 0.5) is 11.4 Å². The number of amides is 1. The van der Waals surface area contributed by atoms with E-state index in [-0.39, 0.29) is 5.91 Å². The van der Waals surface area contributed by atoms with Gasteiger partial charge in [0.15, 0.2) is 0 Å². The molecule has 2 aromatic rings. The maximum absolute atomic E-state index is 12.1. The van der Waals surface area contributed by atoms with Gasteiger partial charge in [0.05, 0.1) is 13.0 Å². The van der Waals surface area contributed by atoms with Crippen LogP contribution in [0.5, 0.6) is 0 Å². The summed E-state index contributed by atoms with van der Waals surface area (Å²) >= 11 is 3.40. The van der Waals surface area contributed by atoms with Crippen LogP contribution in [-0.4, -0.2) is 5.91 Å². The van der Waals surface area contributed by atoms with Crippen molar-refractivity contribution in [2.75, 3.05) is 10.6 Å². The quantitative estimate of drug-likeness (QED) is 0.865. The van der Waals surface area contributed by atoms with Crippen molar-refractivity contribution in [2.45, 2.75) is 13.0 Å². The monoisotopic (exact) mass is 316 g/mol. The van der Waals surface area contributed by atoms with Gasteiger partial charge in [0.25, 0.3) is 0 Å². The fourth-order valence-electron chi connectivity index (χ4n) is 2.34. The summed E-state index contributed by atoms with van der Waals surface area (Å²) in [5.41, 5.74) is 9.64. The summed E-state index contributed by atoms with van der Waals surface area (Å²) in [6, 6.07) is 13.8. The third kappa shape index (κ3) is 2.24. The first-order valence-corrected chi connectivity index (χ1v) is 6.86. The third-order valence-electron chi connectivity index (χ3n) is 3.31. The van der Waals surface area contributed by atoms with Crippen LogP contribution in [0.3, 0.4) is 0 Å². The summed E-state index contributed by atoms with van der Waals surface area (Å²) in [5.74, 6) is 0.122. The van der Waals surface area contributed by atoms with Crippen molar-refractivity contribution in [1.29, 1.82) is 0 Å². The summed E-state index contributed by atoms with van der Waals surface area (Å²) in [4.78, 5) is 13.9. The number of hydrogen-bond acceptors (Lipinski definition) is 2. The smallest absolute Gasteiger partial charge is 0.231 e. The molecule has 3 nitrogen and oxygen atoms in total. The predicted octanol–water partition coefficient (Wildman–Crippen LogP) is 3.12. The molecule has 0 spiro atoms. The van der Waals surface area contributed by atoms with Gasteiger partial charge in [-0.15, -0.1) is 0 Å². The Balaban J connectivity index is 1.96. The number of halogens is 1. The molecule has 0 bridgehead atoms. The summed E-state index contributed by atoms with van der Waals surface area (Å²) in [7, 11) is 0. The minimum absolute atomic E-state index is 0.122. The Morgan fingerprint density at radius 3 is 2.68 bits per heavy atom. The maximum atomic E-state index is 12.1. The molecule has 1 amide bonds. The zero-order valence-electron chi connectivity index (χ0n) is 10.3. The van der Waals surface area contributed by atoms with E-state index in [0.29, 0.717) is 18.7 Å². The van der Waals surface area contributed by atoms with E-state index in [4.69, 9.17) is 5.73 Å². The fraction of sp³-hybridized carbons (Fsp3) is 0.133. The Morgan fingerprint density at radius 2 is 1.95 bits per heavy atom. The number of nitrogen functional groups attached to an aromatic ring is 1. The highest BCUT2D eigenvalue weighted by Crippen LogP contribution is 2.35. The number of anilines is 2. The Labute approximate surface area is 120 Å². The molecule has 0 atom stereocenters. The minimum atomic E-state index is 0.122. The van der Waals surface area contributed by atoms with E-state index in [2.05, 4.69) is 15.9 Å². The highest BCUT2D eigenvalue weighted by Gasteiger charge is 2.28. The molecule has 0 aromatic heterocycles. The number of hydrogen-bond donors (Lipinski definition) is 1. The highest BCUT2D eigenvalue weighted by atomic mass is 79.9. The first-order valence-electron chi connectivity index (χ1n) is 6.07. The van der Waals surface area contributed by atoms with Crippen molar-refractivity contribution in [3.05, 3.63) is 58.1 Å². The largest absolute Gasteiger partial charge is 0.398 e.